The van der Waals surface area contributed by atoms with E-state index in [0.717, 1.165) is 11.8 Å². The molecule has 2 rings (SSSR count). The van der Waals surface area contributed by atoms with E-state index in [9.17, 15) is 5.11 Å². The molecule has 0 amide bonds. The number of hydrogen-bond acceptors (Lipinski definition) is 2. The van der Waals surface area contributed by atoms with Gasteiger partial charge in [-0.05, 0) is 29.3 Å². The first-order chi connectivity index (χ1) is 8.42. The van der Waals surface area contributed by atoms with Gasteiger partial charge < -0.3 is 5.11 Å². The highest BCUT2D eigenvalue weighted by Crippen LogP contribution is 2.39. The summed E-state index contributed by atoms with van der Waals surface area (Å²) in [5, 5.41) is 9.48. The fraction of sp³-hybridized carbons (Fsp3) is 1.00. The highest BCUT2D eigenvalue weighted by molar-refractivity contribution is 7.99. The molecule has 1 heterocycles. The van der Waals surface area contributed by atoms with Crippen molar-refractivity contribution in [1.82, 2.24) is 0 Å². The fourth-order valence-electron chi connectivity index (χ4n) is 3.59. The van der Waals surface area contributed by atoms with Crippen molar-refractivity contribution in [2.45, 2.75) is 57.8 Å². The van der Waals surface area contributed by atoms with E-state index in [-0.39, 0.29) is 0 Å². The largest absolute Gasteiger partial charge is 0.396 e. The Kier molecular flexibility index (Phi) is 6.21. The number of thioether (sulfide) groups is 1. The van der Waals surface area contributed by atoms with Crippen LogP contribution in [0.15, 0.2) is 0 Å². The number of rotatable bonds is 2. The summed E-state index contributed by atoms with van der Waals surface area (Å²) in [5.41, 5.74) is 0. The van der Waals surface area contributed by atoms with Crippen LogP contribution in [-0.4, -0.2) is 23.2 Å². The van der Waals surface area contributed by atoms with Crippen LogP contribution in [0, 0.1) is 17.8 Å². The standard InChI is InChI=1S/C15H28OS/c16-10-14-11-17-12-15(14)13-8-6-4-2-1-3-5-7-9-13/h13-16H,1-12H2. The van der Waals surface area contributed by atoms with Gasteiger partial charge in [-0.25, -0.2) is 0 Å². The Hall–Kier alpha value is 0.310. The van der Waals surface area contributed by atoms with Crippen LogP contribution in [0.3, 0.4) is 0 Å². The molecule has 100 valence electrons. The molecule has 0 spiro atoms. The van der Waals surface area contributed by atoms with Gasteiger partial charge in [0.05, 0.1) is 0 Å². The quantitative estimate of drug-likeness (QED) is 0.802. The number of aliphatic hydroxyl groups is 1. The second-order valence-corrected chi connectivity index (χ2v) is 7.03. The minimum absolute atomic E-state index is 0.425. The summed E-state index contributed by atoms with van der Waals surface area (Å²) >= 11 is 2.07. The van der Waals surface area contributed by atoms with Gasteiger partial charge in [-0.15, -0.1) is 0 Å². The molecule has 1 aliphatic carbocycles. The molecular formula is C15H28OS. The molecular weight excluding hydrogens is 228 g/mol. The Labute approximate surface area is 111 Å². The van der Waals surface area contributed by atoms with Crippen LogP contribution in [0.5, 0.6) is 0 Å². The second-order valence-electron chi connectivity index (χ2n) is 5.96. The normalized spacial score (nSPS) is 33.7. The van der Waals surface area contributed by atoms with Gasteiger partial charge in [0, 0.05) is 6.61 Å². The van der Waals surface area contributed by atoms with Crippen molar-refractivity contribution in [3.8, 4) is 0 Å². The van der Waals surface area contributed by atoms with E-state index in [1.54, 1.807) is 0 Å². The monoisotopic (exact) mass is 256 g/mol. The molecule has 1 nitrogen and oxygen atoms in total. The van der Waals surface area contributed by atoms with Crippen LogP contribution < -0.4 is 0 Å². The Morgan fingerprint density at radius 3 is 2.00 bits per heavy atom. The summed E-state index contributed by atoms with van der Waals surface area (Å²) in [6.07, 6.45) is 13.0. The highest BCUT2D eigenvalue weighted by Gasteiger charge is 2.33. The van der Waals surface area contributed by atoms with Gasteiger partial charge in [0.25, 0.3) is 0 Å². The third-order valence-electron chi connectivity index (χ3n) is 4.74. The molecule has 2 atom stereocenters. The lowest BCUT2D eigenvalue weighted by Gasteiger charge is -2.28. The molecule has 0 aromatic heterocycles. The van der Waals surface area contributed by atoms with E-state index in [1.807, 2.05) is 0 Å². The molecule has 1 saturated carbocycles. The van der Waals surface area contributed by atoms with Crippen molar-refractivity contribution in [1.29, 1.82) is 0 Å². The molecule has 0 aromatic rings. The van der Waals surface area contributed by atoms with E-state index in [2.05, 4.69) is 11.8 Å². The lowest BCUT2D eigenvalue weighted by atomic mass is 9.78. The van der Waals surface area contributed by atoms with Crippen LogP contribution in [-0.2, 0) is 0 Å². The van der Waals surface area contributed by atoms with Gasteiger partial charge in [-0.1, -0.05) is 57.8 Å². The lowest BCUT2D eigenvalue weighted by Crippen LogP contribution is -2.25. The molecule has 2 unspecified atom stereocenters. The molecule has 1 saturated heterocycles. The summed E-state index contributed by atoms with van der Waals surface area (Å²) in [6, 6.07) is 0. The third-order valence-corrected chi connectivity index (χ3v) is 6.02. The first-order valence-corrected chi connectivity index (χ1v) is 8.76. The van der Waals surface area contributed by atoms with Crippen LogP contribution in [0.25, 0.3) is 0 Å². The first kappa shape index (κ1) is 13.7. The Balaban J connectivity index is 1.86. The van der Waals surface area contributed by atoms with Crippen molar-refractivity contribution in [3.05, 3.63) is 0 Å². The van der Waals surface area contributed by atoms with Crippen molar-refractivity contribution < 1.29 is 5.11 Å². The van der Waals surface area contributed by atoms with Crippen molar-refractivity contribution in [3.63, 3.8) is 0 Å². The van der Waals surface area contributed by atoms with Crippen LogP contribution in [0.4, 0.5) is 0 Å². The first-order valence-electron chi connectivity index (χ1n) is 7.60. The van der Waals surface area contributed by atoms with Crippen molar-refractivity contribution in [2.24, 2.45) is 17.8 Å². The minimum atomic E-state index is 0.425. The third kappa shape index (κ3) is 4.17. The molecule has 2 fully saturated rings. The van der Waals surface area contributed by atoms with E-state index in [0.29, 0.717) is 12.5 Å². The fourth-order valence-corrected chi connectivity index (χ4v) is 5.20. The lowest BCUT2D eigenvalue weighted by molar-refractivity contribution is 0.158. The summed E-state index contributed by atoms with van der Waals surface area (Å²) in [4.78, 5) is 0. The zero-order valence-corrected chi connectivity index (χ0v) is 11.9. The Bertz CT molecular complexity index is 197. The second kappa shape index (κ2) is 7.68. The average Bonchev–Trinajstić information content (AvgIpc) is 2.84. The van der Waals surface area contributed by atoms with Crippen LogP contribution in [0.1, 0.15) is 57.8 Å². The zero-order chi connectivity index (χ0) is 11.9. The molecule has 0 aromatic carbocycles. The summed E-state index contributed by atoms with van der Waals surface area (Å²) in [7, 11) is 0. The molecule has 2 aliphatic rings. The van der Waals surface area contributed by atoms with Crippen molar-refractivity contribution >= 4 is 11.8 Å². The van der Waals surface area contributed by atoms with E-state index < -0.39 is 0 Å². The number of aliphatic hydroxyl groups excluding tert-OH is 1. The van der Waals surface area contributed by atoms with Crippen LogP contribution in [0.2, 0.25) is 0 Å². The summed E-state index contributed by atoms with van der Waals surface area (Å²) < 4.78 is 0. The number of hydrogen-bond donors (Lipinski definition) is 1. The van der Waals surface area contributed by atoms with Gasteiger partial charge in [0.1, 0.15) is 0 Å². The molecule has 1 N–H and O–H groups in total. The smallest absolute Gasteiger partial charge is 0.0470 e. The SMILES string of the molecule is OCC1CSCC1C1CCCCCCCCC1. The van der Waals surface area contributed by atoms with Crippen LogP contribution >= 0.6 is 11.8 Å². The van der Waals surface area contributed by atoms with E-state index in [4.69, 9.17) is 0 Å². The molecule has 0 radical (unpaired) electrons. The van der Waals surface area contributed by atoms with Gasteiger partial charge in [0.2, 0.25) is 0 Å². The molecule has 2 heteroatoms. The predicted octanol–water partition coefficient (Wildman–Crippen LogP) is 4.10. The molecule has 1 aliphatic heterocycles. The van der Waals surface area contributed by atoms with E-state index >= 15 is 0 Å². The maximum absolute atomic E-state index is 9.48. The Morgan fingerprint density at radius 1 is 0.824 bits per heavy atom. The minimum Gasteiger partial charge on any atom is -0.396 e. The van der Waals surface area contributed by atoms with Gasteiger partial charge >= 0.3 is 0 Å². The molecule has 17 heavy (non-hydrogen) atoms. The van der Waals surface area contributed by atoms with E-state index in [1.165, 1.54) is 69.3 Å². The summed E-state index contributed by atoms with van der Waals surface area (Å²) in [6.45, 7) is 0.425. The maximum atomic E-state index is 9.48. The maximum Gasteiger partial charge on any atom is 0.0470 e. The van der Waals surface area contributed by atoms with Gasteiger partial charge in [-0.3, -0.25) is 0 Å². The predicted molar refractivity (Wildman–Crippen MR) is 76.4 cm³/mol. The highest BCUT2D eigenvalue weighted by atomic mass is 32.2. The Morgan fingerprint density at radius 2 is 1.41 bits per heavy atom. The zero-order valence-electron chi connectivity index (χ0n) is 11.1. The van der Waals surface area contributed by atoms with Gasteiger partial charge in [-0.2, -0.15) is 11.8 Å². The average molecular weight is 256 g/mol. The molecule has 0 bridgehead atoms. The topological polar surface area (TPSA) is 20.2 Å². The van der Waals surface area contributed by atoms with Crippen molar-refractivity contribution in [2.75, 3.05) is 18.1 Å². The van der Waals surface area contributed by atoms with Gasteiger partial charge in [0.15, 0.2) is 0 Å². The summed E-state index contributed by atoms with van der Waals surface area (Å²) in [5.74, 6) is 4.87.